The van der Waals surface area contributed by atoms with E-state index in [-0.39, 0.29) is 0 Å². The monoisotopic (exact) mass is 596 g/mol. The van der Waals surface area contributed by atoms with Crippen molar-refractivity contribution >= 4 is 46.1 Å². The molecule has 204 valence electrons. The SMILES string of the molecule is C=[P+](C)S(C)(c1cc(-c2ccccc2)c2c(c1-c1ccccc1)-c1cccc3c(-c4ccccc4)ccc-2c13)[P+](=C)C. The van der Waals surface area contributed by atoms with Crippen molar-refractivity contribution in [3.63, 3.8) is 0 Å². The first-order valence-electron chi connectivity index (χ1n) is 14.2. The lowest BCUT2D eigenvalue weighted by Gasteiger charge is -2.27. The number of hydrogen-bond donors (Lipinski definition) is 0. The normalized spacial score (nSPS) is 14.6. The maximum Gasteiger partial charge on any atom is 0.174 e. The van der Waals surface area contributed by atoms with Crippen LogP contribution in [0.2, 0.25) is 0 Å². The van der Waals surface area contributed by atoms with Crippen LogP contribution < -0.4 is 0 Å². The Balaban J connectivity index is 1.69. The summed E-state index contributed by atoms with van der Waals surface area (Å²) >= 11 is 0. The molecule has 0 bridgehead atoms. The molecule has 3 heteroatoms. The molecule has 0 aromatic heterocycles. The van der Waals surface area contributed by atoms with Crippen molar-refractivity contribution in [2.45, 2.75) is 4.90 Å². The molecule has 0 fully saturated rings. The number of benzene rings is 6. The predicted octanol–water partition coefficient (Wildman–Crippen LogP) is 12.2. The van der Waals surface area contributed by atoms with Gasteiger partial charge >= 0.3 is 0 Å². The molecule has 0 N–H and O–H groups in total. The number of rotatable bonds is 6. The molecule has 0 nitrogen and oxygen atoms in total. The molecular weight excluding hydrogens is 562 g/mol. The largest absolute Gasteiger partial charge is 0.174 e. The third-order valence-corrected chi connectivity index (χ3v) is 25.8. The Morgan fingerprint density at radius 2 is 0.976 bits per heavy atom. The van der Waals surface area contributed by atoms with Crippen LogP contribution in [0.5, 0.6) is 0 Å². The van der Waals surface area contributed by atoms with Gasteiger partial charge in [0.25, 0.3) is 0 Å². The molecule has 2 unspecified atom stereocenters. The minimum atomic E-state index is -1.28. The highest BCUT2D eigenvalue weighted by atomic mass is 33.1. The van der Waals surface area contributed by atoms with Crippen LogP contribution in [0.25, 0.3) is 66.4 Å². The fraction of sp³-hybridized carbons (Fsp3) is 0.0769. The fourth-order valence-electron chi connectivity index (χ4n) is 6.52. The van der Waals surface area contributed by atoms with Crippen molar-refractivity contribution in [3.8, 4) is 55.6 Å². The zero-order valence-corrected chi connectivity index (χ0v) is 26.9. The first-order chi connectivity index (χ1) is 20.4. The van der Waals surface area contributed by atoms with Crippen LogP contribution in [0.4, 0.5) is 0 Å². The average Bonchev–Trinajstić information content (AvgIpc) is 3.37. The van der Waals surface area contributed by atoms with Crippen LogP contribution in [0.15, 0.2) is 132 Å². The molecule has 2 atom stereocenters. The summed E-state index contributed by atoms with van der Waals surface area (Å²) in [4.78, 5) is 1.46. The summed E-state index contributed by atoms with van der Waals surface area (Å²) < 4.78 is 0. The lowest BCUT2D eigenvalue weighted by Crippen LogP contribution is -1.99. The van der Waals surface area contributed by atoms with Gasteiger partial charge in [0.05, 0.1) is 17.5 Å². The molecule has 7 rings (SSSR count). The molecule has 0 saturated carbocycles. The first-order valence-corrected chi connectivity index (χ1v) is 21.4. The van der Waals surface area contributed by atoms with Gasteiger partial charge in [-0.2, -0.15) is 0 Å². The lowest BCUT2D eigenvalue weighted by atomic mass is 9.87. The molecule has 0 heterocycles. The number of hydrogen-bond acceptors (Lipinski definition) is 0. The van der Waals surface area contributed by atoms with Crippen LogP contribution in [-0.2, 0) is 0 Å². The average molecular weight is 597 g/mol. The highest BCUT2D eigenvalue weighted by molar-refractivity contribution is 9.02. The molecule has 6 aromatic carbocycles. The second-order valence-corrected chi connectivity index (χ2v) is 24.7. The highest BCUT2D eigenvalue weighted by Gasteiger charge is 2.45. The van der Waals surface area contributed by atoms with E-state index < -0.39 is 22.8 Å². The van der Waals surface area contributed by atoms with Gasteiger partial charge in [0.15, 0.2) is 13.5 Å². The second-order valence-electron chi connectivity index (χ2n) is 11.1. The van der Waals surface area contributed by atoms with Gasteiger partial charge in [-0.1, -0.05) is 121 Å². The van der Waals surface area contributed by atoms with E-state index in [1.807, 2.05) is 0 Å². The fourth-order valence-corrected chi connectivity index (χ4v) is 17.2. The Morgan fingerprint density at radius 1 is 0.476 bits per heavy atom. The third kappa shape index (κ3) is 4.07. The number of fused-ring (bicyclic) bond motifs is 3. The zero-order valence-electron chi connectivity index (χ0n) is 24.3. The van der Waals surface area contributed by atoms with E-state index in [0.29, 0.717) is 0 Å². The Bertz CT molecular complexity index is 2010. The molecular formula is C39H34P2S+2. The van der Waals surface area contributed by atoms with E-state index in [9.17, 15) is 0 Å². The molecule has 42 heavy (non-hydrogen) atoms. The maximum atomic E-state index is 4.74. The van der Waals surface area contributed by atoms with Gasteiger partial charge < -0.3 is 0 Å². The third-order valence-electron chi connectivity index (χ3n) is 8.73. The highest BCUT2D eigenvalue weighted by Crippen LogP contribution is 2.85. The van der Waals surface area contributed by atoms with E-state index in [2.05, 4.69) is 147 Å². The van der Waals surface area contributed by atoms with Crippen LogP contribution >= 0.6 is 22.8 Å². The van der Waals surface area contributed by atoms with Crippen LogP contribution in [0, 0.1) is 0 Å². The van der Waals surface area contributed by atoms with Crippen LogP contribution in [-0.4, -0.2) is 32.2 Å². The topological polar surface area (TPSA) is 0 Å². The van der Waals surface area contributed by atoms with Crippen molar-refractivity contribution in [2.24, 2.45) is 0 Å². The van der Waals surface area contributed by atoms with Gasteiger partial charge in [-0.05, 0) is 66.9 Å². The molecule has 0 saturated heterocycles. The summed E-state index contributed by atoms with van der Waals surface area (Å²) in [6.07, 6.45) is 12.0. The summed E-state index contributed by atoms with van der Waals surface area (Å²) in [5.41, 5.74) is 13.2. The summed E-state index contributed by atoms with van der Waals surface area (Å²) in [6, 6.07) is 47.0. The van der Waals surface area contributed by atoms with Crippen molar-refractivity contribution in [2.75, 3.05) is 19.6 Å². The Hall–Kier alpha value is -3.73. The maximum absolute atomic E-state index is 4.74. The van der Waals surface area contributed by atoms with Gasteiger partial charge in [0, 0.05) is 11.8 Å². The molecule has 0 radical (unpaired) electrons. The smallest absolute Gasteiger partial charge is 0.0622 e. The minimum absolute atomic E-state index is 0.495. The van der Waals surface area contributed by atoms with Crippen molar-refractivity contribution < 1.29 is 0 Å². The van der Waals surface area contributed by atoms with Gasteiger partial charge in [0.1, 0.15) is 22.6 Å². The molecule has 6 aromatic rings. The Morgan fingerprint density at radius 3 is 1.55 bits per heavy atom. The lowest BCUT2D eigenvalue weighted by molar-refractivity contribution is 1.44. The van der Waals surface area contributed by atoms with Gasteiger partial charge in [-0.15, -0.1) is 0 Å². The van der Waals surface area contributed by atoms with Gasteiger partial charge in [-0.3, -0.25) is 0 Å². The summed E-state index contributed by atoms with van der Waals surface area (Å²) in [6.45, 7) is 3.73. The van der Waals surface area contributed by atoms with E-state index >= 15 is 0 Å². The van der Waals surface area contributed by atoms with Gasteiger partial charge in [-0.25, -0.2) is 0 Å². The van der Waals surface area contributed by atoms with Crippen molar-refractivity contribution in [3.05, 3.63) is 127 Å². The minimum Gasteiger partial charge on any atom is -0.0622 e. The summed E-state index contributed by atoms with van der Waals surface area (Å²) in [5, 5.41) is 2.67. The van der Waals surface area contributed by atoms with Crippen LogP contribution in [0.1, 0.15) is 0 Å². The molecule has 0 spiro atoms. The van der Waals surface area contributed by atoms with E-state index in [0.717, 1.165) is 0 Å². The van der Waals surface area contributed by atoms with E-state index in [4.69, 9.17) is 12.6 Å². The van der Waals surface area contributed by atoms with Gasteiger partial charge in [0.2, 0.25) is 0 Å². The van der Waals surface area contributed by atoms with Crippen LogP contribution in [0.3, 0.4) is 0 Å². The Labute approximate surface area is 252 Å². The summed E-state index contributed by atoms with van der Waals surface area (Å²) in [7, 11) is -1.28. The Kier molecular flexibility index (Phi) is 6.79. The predicted molar refractivity (Wildman–Crippen MR) is 196 cm³/mol. The second kappa shape index (κ2) is 10.5. The zero-order chi connectivity index (χ0) is 29.0. The van der Waals surface area contributed by atoms with E-state index in [1.54, 1.807) is 0 Å². The standard InChI is InChI=1S/C39H34P2S/c1-40(2)42(5,41(3)4)35-26-34(28-18-11-7-12-19-28)38-33-25-24-30(27-16-9-6-10-17-27)31-22-15-23-32(37(31)33)39(38)36(35)29-20-13-8-14-21-29/h6-26H,1,3H2,2,4-5H3/q+2. The first kappa shape index (κ1) is 27.1. The molecule has 1 aliphatic carbocycles. The molecule has 0 amide bonds. The van der Waals surface area contributed by atoms with E-state index in [1.165, 1.54) is 71.3 Å². The molecule has 1 aliphatic rings. The quantitative estimate of drug-likeness (QED) is 0.168. The summed E-state index contributed by atoms with van der Waals surface area (Å²) in [5.74, 6) is 0. The van der Waals surface area contributed by atoms with Crippen molar-refractivity contribution in [1.82, 2.24) is 0 Å². The molecule has 0 aliphatic heterocycles. The van der Waals surface area contributed by atoms with Crippen molar-refractivity contribution in [1.29, 1.82) is 0 Å².